The second-order valence-corrected chi connectivity index (χ2v) is 10.7. The second-order valence-electron chi connectivity index (χ2n) is 10.7. The van der Waals surface area contributed by atoms with E-state index in [0.717, 1.165) is 44.3 Å². The molecule has 6 heteroatoms. The molecule has 1 atom stereocenters. The van der Waals surface area contributed by atoms with Gasteiger partial charge in [0.1, 0.15) is 12.1 Å². The Hall–Kier alpha value is -2.93. The van der Waals surface area contributed by atoms with Crippen molar-refractivity contribution < 1.29 is 14.7 Å². The molecule has 0 heterocycles. The summed E-state index contributed by atoms with van der Waals surface area (Å²) in [6.45, 7) is 5.89. The van der Waals surface area contributed by atoms with Crippen LogP contribution in [-0.4, -0.2) is 23.3 Å². The Balaban J connectivity index is 1.25. The first kappa shape index (κ1) is 28.1. The van der Waals surface area contributed by atoms with Crippen molar-refractivity contribution in [2.75, 3.05) is 0 Å². The lowest BCUT2D eigenvalue weighted by molar-refractivity contribution is -0.153. The summed E-state index contributed by atoms with van der Waals surface area (Å²) in [6, 6.07) is 16.7. The van der Waals surface area contributed by atoms with Gasteiger partial charge in [-0.25, -0.2) is 0 Å². The van der Waals surface area contributed by atoms with Crippen LogP contribution in [0.1, 0.15) is 80.0 Å². The van der Waals surface area contributed by atoms with Crippen LogP contribution >= 0.6 is 0 Å². The lowest BCUT2D eigenvalue weighted by Crippen LogP contribution is -2.45. The molecule has 0 saturated heterocycles. The molecule has 2 aliphatic rings. The molecule has 0 bridgehead atoms. The number of ether oxygens (including phenoxy) is 1. The predicted molar refractivity (Wildman–Crippen MR) is 152 cm³/mol. The SMILES string of the molecule is C=C(/C=C/c1cccc(CNCc2ccc(CN[C@H](C(=O)OC3CCCC3)C3CCCCC3)cc2)c1)NO. The van der Waals surface area contributed by atoms with Crippen LogP contribution < -0.4 is 16.1 Å². The number of hydrogen-bond donors (Lipinski definition) is 4. The molecule has 2 aromatic carbocycles. The third-order valence-corrected chi connectivity index (χ3v) is 7.74. The molecule has 0 amide bonds. The number of nitrogens with one attached hydrogen (secondary N) is 3. The summed E-state index contributed by atoms with van der Waals surface area (Å²) >= 11 is 0. The minimum atomic E-state index is -0.208. The van der Waals surface area contributed by atoms with Crippen molar-refractivity contribution >= 4 is 12.0 Å². The van der Waals surface area contributed by atoms with E-state index in [9.17, 15) is 4.79 Å². The van der Waals surface area contributed by atoms with Gasteiger partial charge in [-0.1, -0.05) is 80.4 Å². The molecule has 0 aliphatic heterocycles. The molecule has 2 aliphatic carbocycles. The largest absolute Gasteiger partial charge is 0.461 e. The zero-order valence-corrected chi connectivity index (χ0v) is 22.5. The van der Waals surface area contributed by atoms with Crippen LogP contribution in [0.2, 0.25) is 0 Å². The number of carbonyl (C=O) groups excluding carboxylic acids is 1. The number of hydrogen-bond acceptors (Lipinski definition) is 6. The summed E-state index contributed by atoms with van der Waals surface area (Å²) in [7, 11) is 0. The third kappa shape index (κ3) is 8.83. The van der Waals surface area contributed by atoms with Crippen LogP contribution in [-0.2, 0) is 29.2 Å². The highest BCUT2D eigenvalue weighted by Gasteiger charge is 2.32. The van der Waals surface area contributed by atoms with Crippen LogP contribution in [0.3, 0.4) is 0 Å². The fourth-order valence-electron chi connectivity index (χ4n) is 5.55. The highest BCUT2D eigenvalue weighted by atomic mass is 16.5. The Morgan fingerprint density at radius 2 is 1.58 bits per heavy atom. The van der Waals surface area contributed by atoms with E-state index in [-0.39, 0.29) is 18.1 Å². The molecule has 2 aromatic rings. The quantitative estimate of drug-likeness (QED) is 0.148. The minimum Gasteiger partial charge on any atom is -0.461 e. The summed E-state index contributed by atoms with van der Waals surface area (Å²) in [6.07, 6.45) is 14.0. The molecule has 0 aromatic heterocycles. The van der Waals surface area contributed by atoms with Crippen molar-refractivity contribution in [2.45, 2.75) is 89.6 Å². The van der Waals surface area contributed by atoms with E-state index in [2.05, 4.69) is 53.6 Å². The van der Waals surface area contributed by atoms with E-state index in [4.69, 9.17) is 9.94 Å². The van der Waals surface area contributed by atoms with E-state index >= 15 is 0 Å². The van der Waals surface area contributed by atoms with Gasteiger partial charge in [0.2, 0.25) is 0 Å². The fraction of sp³-hybridized carbons (Fsp3) is 0.469. The summed E-state index contributed by atoms with van der Waals surface area (Å²) in [4.78, 5) is 13.1. The standard InChI is InChI=1S/C32H43N3O3/c1-24(35-37)14-15-25-8-7-9-28(20-25)22-33-21-26-16-18-27(19-17-26)23-34-31(29-10-3-2-4-11-29)32(36)38-30-12-5-6-13-30/h7-9,14-20,29-31,33-35,37H,1-6,10-13,21-23H2/b15-14+/t31-/m0/s1. The summed E-state index contributed by atoms with van der Waals surface area (Å²) < 4.78 is 5.92. The average molecular weight is 518 g/mol. The third-order valence-electron chi connectivity index (χ3n) is 7.74. The summed E-state index contributed by atoms with van der Waals surface area (Å²) in [5, 5.41) is 15.9. The van der Waals surface area contributed by atoms with Crippen molar-refractivity contribution in [2.24, 2.45) is 5.92 Å². The highest BCUT2D eigenvalue weighted by molar-refractivity contribution is 5.76. The van der Waals surface area contributed by atoms with E-state index in [1.54, 1.807) is 6.08 Å². The van der Waals surface area contributed by atoms with Crippen LogP contribution in [0.15, 0.2) is 66.9 Å². The van der Waals surface area contributed by atoms with Gasteiger partial charge in [0.25, 0.3) is 0 Å². The molecule has 0 unspecified atom stereocenters. The lowest BCUT2D eigenvalue weighted by atomic mass is 9.83. The van der Waals surface area contributed by atoms with Gasteiger partial charge in [0.05, 0.1) is 5.70 Å². The van der Waals surface area contributed by atoms with Gasteiger partial charge < -0.3 is 15.4 Å². The lowest BCUT2D eigenvalue weighted by Gasteiger charge is -2.30. The summed E-state index contributed by atoms with van der Waals surface area (Å²) in [5.41, 5.74) is 7.12. The molecule has 0 spiro atoms. The molecule has 204 valence electrons. The maximum absolute atomic E-state index is 13.1. The van der Waals surface area contributed by atoms with E-state index in [1.165, 1.54) is 48.8 Å². The zero-order valence-electron chi connectivity index (χ0n) is 22.5. The molecular formula is C32H43N3O3. The number of allylic oxidation sites excluding steroid dienone is 1. The van der Waals surface area contributed by atoms with Crippen LogP contribution in [0.4, 0.5) is 0 Å². The maximum atomic E-state index is 13.1. The Bertz CT molecular complexity index is 1050. The van der Waals surface area contributed by atoms with Gasteiger partial charge >= 0.3 is 5.97 Å². The van der Waals surface area contributed by atoms with Crippen LogP contribution in [0, 0.1) is 5.92 Å². The molecule has 6 nitrogen and oxygen atoms in total. The first-order valence-electron chi connectivity index (χ1n) is 14.2. The monoisotopic (exact) mass is 517 g/mol. The molecule has 0 radical (unpaired) electrons. The zero-order chi connectivity index (χ0) is 26.6. The number of benzene rings is 2. The normalized spacial score (nSPS) is 17.5. The predicted octanol–water partition coefficient (Wildman–Crippen LogP) is 6.01. The van der Waals surface area contributed by atoms with Gasteiger partial charge in [-0.15, -0.1) is 0 Å². The molecule has 38 heavy (non-hydrogen) atoms. The first-order chi connectivity index (χ1) is 18.6. The maximum Gasteiger partial charge on any atom is 0.323 e. The van der Waals surface area contributed by atoms with Crippen molar-refractivity contribution in [3.05, 3.63) is 89.1 Å². The molecule has 2 fully saturated rings. The first-order valence-corrected chi connectivity index (χ1v) is 14.2. The van der Waals surface area contributed by atoms with Gasteiger partial charge in [-0.2, -0.15) is 0 Å². The van der Waals surface area contributed by atoms with Gasteiger partial charge in [-0.3, -0.25) is 15.5 Å². The van der Waals surface area contributed by atoms with Crippen molar-refractivity contribution in [3.63, 3.8) is 0 Å². The van der Waals surface area contributed by atoms with Crippen LogP contribution in [0.5, 0.6) is 0 Å². The molecule has 4 N–H and O–H groups in total. The van der Waals surface area contributed by atoms with Gasteiger partial charge in [-0.05, 0) is 72.8 Å². The average Bonchev–Trinajstić information content (AvgIpc) is 3.46. The number of carbonyl (C=O) groups is 1. The Morgan fingerprint density at radius 3 is 2.29 bits per heavy atom. The second kappa shape index (κ2) is 14.9. The number of hydroxylamine groups is 1. The van der Waals surface area contributed by atoms with E-state index in [1.807, 2.05) is 23.7 Å². The highest BCUT2D eigenvalue weighted by Crippen LogP contribution is 2.29. The van der Waals surface area contributed by atoms with Gasteiger partial charge in [0.15, 0.2) is 0 Å². The van der Waals surface area contributed by atoms with Crippen molar-refractivity contribution in [3.8, 4) is 0 Å². The van der Waals surface area contributed by atoms with Gasteiger partial charge in [0, 0.05) is 19.6 Å². The van der Waals surface area contributed by atoms with Crippen molar-refractivity contribution in [1.82, 2.24) is 16.1 Å². The Morgan fingerprint density at radius 1 is 0.921 bits per heavy atom. The number of esters is 1. The Labute approximate surface area is 227 Å². The van der Waals surface area contributed by atoms with E-state index in [0.29, 0.717) is 18.2 Å². The minimum absolute atomic E-state index is 0.0424. The molecule has 4 rings (SSSR count). The topological polar surface area (TPSA) is 82.6 Å². The molecular weight excluding hydrogens is 474 g/mol. The Kier molecular flexibility index (Phi) is 11.0. The summed E-state index contributed by atoms with van der Waals surface area (Å²) in [5.74, 6) is 0.333. The van der Waals surface area contributed by atoms with Crippen molar-refractivity contribution in [1.29, 1.82) is 0 Å². The molecule has 2 saturated carbocycles. The van der Waals surface area contributed by atoms with E-state index < -0.39 is 0 Å². The fourth-order valence-corrected chi connectivity index (χ4v) is 5.55. The smallest absolute Gasteiger partial charge is 0.323 e. The number of rotatable bonds is 13. The van der Waals surface area contributed by atoms with Crippen LogP contribution in [0.25, 0.3) is 6.08 Å².